The minimum atomic E-state index is 0.819. The van der Waals surface area contributed by atoms with Crippen molar-refractivity contribution in [2.45, 2.75) is 0 Å². The summed E-state index contributed by atoms with van der Waals surface area (Å²) in [6.45, 7) is 0. The Morgan fingerprint density at radius 3 is 2.55 bits per heavy atom. The van der Waals surface area contributed by atoms with Gasteiger partial charge in [-0.25, -0.2) is 0 Å². The Bertz CT molecular complexity index is 335. The van der Waals surface area contributed by atoms with Gasteiger partial charge in [0.25, 0.3) is 0 Å². The Morgan fingerprint density at radius 1 is 1.09 bits per heavy atom. The number of rotatable bonds is 1. The van der Waals surface area contributed by atoms with E-state index in [-0.39, 0.29) is 0 Å². The van der Waals surface area contributed by atoms with Crippen LogP contribution in [0.4, 0.5) is 0 Å². The Labute approximate surface area is 67.2 Å². The first-order valence-electron chi connectivity index (χ1n) is 3.46. The van der Waals surface area contributed by atoms with E-state index in [1.54, 1.807) is 12.5 Å². The van der Waals surface area contributed by atoms with Gasteiger partial charge in [0, 0.05) is 10.2 Å². The zero-order valence-electron chi connectivity index (χ0n) is 6.20. The molecule has 0 aliphatic rings. The van der Waals surface area contributed by atoms with Gasteiger partial charge in [-0.3, -0.25) is 0 Å². The molecule has 0 aliphatic heterocycles. The molecule has 0 fully saturated rings. The molecular formula is C8H8O2Si. The van der Waals surface area contributed by atoms with Gasteiger partial charge in [-0.1, -0.05) is 0 Å². The molecule has 0 aromatic carbocycles. The van der Waals surface area contributed by atoms with Crippen LogP contribution in [-0.2, 0) is 0 Å². The minimum Gasteiger partial charge on any atom is -0.461 e. The van der Waals surface area contributed by atoms with E-state index in [1.165, 1.54) is 5.19 Å². The molecule has 0 aliphatic carbocycles. The second-order valence-corrected chi connectivity index (χ2v) is 3.49. The molecule has 3 heteroatoms. The third kappa shape index (κ3) is 1.03. The van der Waals surface area contributed by atoms with Crippen LogP contribution in [0.1, 0.15) is 0 Å². The van der Waals surface area contributed by atoms with Crippen LogP contribution >= 0.6 is 0 Å². The van der Waals surface area contributed by atoms with Crippen molar-refractivity contribution >= 4 is 15.4 Å². The maximum atomic E-state index is 5.25. The summed E-state index contributed by atoms with van der Waals surface area (Å²) in [7, 11) is 0.990. The lowest BCUT2D eigenvalue weighted by Gasteiger charge is -1.90. The fraction of sp³-hybridized carbons (Fsp3) is 0. The van der Waals surface area contributed by atoms with Crippen molar-refractivity contribution in [3.63, 3.8) is 0 Å². The lowest BCUT2D eigenvalue weighted by molar-refractivity contribution is 0.526. The summed E-state index contributed by atoms with van der Waals surface area (Å²) in [5, 5.41) is 1.24. The molecule has 0 amide bonds. The Balaban J connectivity index is 2.53. The van der Waals surface area contributed by atoms with E-state index in [9.17, 15) is 0 Å². The molecular weight excluding hydrogens is 156 g/mol. The van der Waals surface area contributed by atoms with Gasteiger partial charge < -0.3 is 8.83 Å². The molecule has 2 nitrogen and oxygen atoms in total. The molecule has 0 N–H and O–H groups in total. The summed E-state index contributed by atoms with van der Waals surface area (Å²) in [4.78, 5) is 0. The second kappa shape index (κ2) is 2.43. The summed E-state index contributed by atoms with van der Waals surface area (Å²) >= 11 is 0. The highest BCUT2D eigenvalue weighted by molar-refractivity contribution is 6.35. The molecule has 0 saturated heterocycles. The van der Waals surface area contributed by atoms with E-state index < -0.39 is 0 Å². The third-order valence-electron chi connectivity index (χ3n) is 1.61. The molecule has 0 radical (unpaired) electrons. The third-order valence-corrected chi connectivity index (χ3v) is 2.39. The zero-order valence-corrected chi connectivity index (χ0v) is 8.20. The van der Waals surface area contributed by atoms with Gasteiger partial charge >= 0.3 is 0 Å². The van der Waals surface area contributed by atoms with Crippen LogP contribution in [-0.4, -0.2) is 10.2 Å². The summed E-state index contributed by atoms with van der Waals surface area (Å²) in [5.41, 5.74) is 0. The summed E-state index contributed by atoms with van der Waals surface area (Å²) < 4.78 is 10.4. The van der Waals surface area contributed by atoms with Crippen LogP contribution in [0.3, 0.4) is 0 Å². The highest BCUT2D eigenvalue weighted by Gasteiger charge is 2.06. The van der Waals surface area contributed by atoms with Crippen molar-refractivity contribution in [2.24, 2.45) is 0 Å². The lowest BCUT2D eigenvalue weighted by Crippen LogP contribution is -1.99. The van der Waals surface area contributed by atoms with Crippen LogP contribution in [0.15, 0.2) is 39.6 Å². The summed E-state index contributed by atoms with van der Waals surface area (Å²) in [6, 6.07) is 5.74. The van der Waals surface area contributed by atoms with Crippen LogP contribution < -0.4 is 5.19 Å². The van der Waals surface area contributed by atoms with Gasteiger partial charge in [0.15, 0.2) is 11.5 Å². The number of hydrogen-bond donors (Lipinski definition) is 0. The monoisotopic (exact) mass is 164 g/mol. The van der Waals surface area contributed by atoms with E-state index in [2.05, 4.69) is 0 Å². The SMILES string of the molecule is [SiH3]c1ccoc1-c1ccco1. The van der Waals surface area contributed by atoms with E-state index in [0.717, 1.165) is 21.8 Å². The molecule has 2 heterocycles. The smallest absolute Gasteiger partial charge is 0.168 e. The van der Waals surface area contributed by atoms with Crippen LogP contribution in [0.2, 0.25) is 0 Å². The van der Waals surface area contributed by atoms with E-state index >= 15 is 0 Å². The average molecular weight is 164 g/mol. The zero-order chi connectivity index (χ0) is 7.68. The second-order valence-electron chi connectivity index (χ2n) is 2.41. The first kappa shape index (κ1) is 6.48. The summed E-state index contributed by atoms with van der Waals surface area (Å²) in [6.07, 6.45) is 3.35. The molecule has 56 valence electrons. The van der Waals surface area contributed by atoms with Crippen molar-refractivity contribution in [1.29, 1.82) is 0 Å². The number of hydrogen-bond acceptors (Lipinski definition) is 2. The average Bonchev–Trinajstić information content (AvgIpc) is 2.55. The van der Waals surface area contributed by atoms with Gasteiger partial charge in [-0.05, 0) is 23.4 Å². The normalized spacial score (nSPS) is 10.5. The van der Waals surface area contributed by atoms with Gasteiger partial charge in [0.1, 0.15) is 0 Å². The molecule has 0 atom stereocenters. The lowest BCUT2D eigenvalue weighted by atomic mass is 10.3. The van der Waals surface area contributed by atoms with Crippen molar-refractivity contribution in [1.82, 2.24) is 0 Å². The molecule has 2 rings (SSSR count). The first-order chi connectivity index (χ1) is 5.38. The minimum absolute atomic E-state index is 0.819. The van der Waals surface area contributed by atoms with Crippen molar-refractivity contribution in [3.05, 3.63) is 30.7 Å². The van der Waals surface area contributed by atoms with E-state index in [4.69, 9.17) is 8.83 Å². The van der Waals surface area contributed by atoms with Crippen LogP contribution in [0.25, 0.3) is 11.5 Å². The maximum absolute atomic E-state index is 5.25. The van der Waals surface area contributed by atoms with Gasteiger partial charge in [-0.15, -0.1) is 0 Å². The molecule has 11 heavy (non-hydrogen) atoms. The molecule has 0 spiro atoms. The first-order valence-corrected chi connectivity index (χ1v) is 4.46. The summed E-state index contributed by atoms with van der Waals surface area (Å²) in [5.74, 6) is 1.70. The standard InChI is InChI=1S/C8H8O2Si/c11-7-3-5-10-8(7)6-2-1-4-9-6/h1-5H,11H3. The topological polar surface area (TPSA) is 26.3 Å². The van der Waals surface area contributed by atoms with Crippen LogP contribution in [0, 0.1) is 0 Å². The number of furan rings is 2. The Morgan fingerprint density at radius 2 is 2.00 bits per heavy atom. The highest BCUT2D eigenvalue weighted by Crippen LogP contribution is 2.16. The largest absolute Gasteiger partial charge is 0.461 e. The van der Waals surface area contributed by atoms with Crippen molar-refractivity contribution in [2.75, 3.05) is 0 Å². The Kier molecular flexibility index (Phi) is 1.43. The van der Waals surface area contributed by atoms with Gasteiger partial charge in [0.2, 0.25) is 0 Å². The molecule has 2 aromatic heterocycles. The predicted molar refractivity (Wildman–Crippen MR) is 46.0 cm³/mol. The van der Waals surface area contributed by atoms with Crippen molar-refractivity contribution < 1.29 is 8.83 Å². The molecule has 2 aromatic rings. The fourth-order valence-corrected chi connectivity index (χ4v) is 1.53. The van der Waals surface area contributed by atoms with Crippen molar-refractivity contribution in [3.8, 4) is 11.5 Å². The van der Waals surface area contributed by atoms with E-state index in [0.29, 0.717) is 0 Å². The fourth-order valence-electron chi connectivity index (χ4n) is 1.03. The van der Waals surface area contributed by atoms with E-state index in [1.807, 2.05) is 18.2 Å². The van der Waals surface area contributed by atoms with Gasteiger partial charge in [-0.2, -0.15) is 0 Å². The van der Waals surface area contributed by atoms with Gasteiger partial charge in [0.05, 0.1) is 12.5 Å². The predicted octanol–water partition coefficient (Wildman–Crippen LogP) is 0.530. The van der Waals surface area contributed by atoms with Crippen LogP contribution in [0.5, 0.6) is 0 Å². The molecule has 0 saturated carbocycles. The quantitative estimate of drug-likeness (QED) is 0.575. The molecule has 0 unspecified atom stereocenters. The maximum Gasteiger partial charge on any atom is 0.168 e. The molecule has 0 bridgehead atoms. The highest BCUT2D eigenvalue weighted by atomic mass is 28.1. The Hall–Kier alpha value is -1.22.